The number of anilines is 1. The Morgan fingerprint density at radius 1 is 1.22 bits per heavy atom. The topological polar surface area (TPSA) is 42.0 Å². The van der Waals surface area contributed by atoms with E-state index in [4.69, 9.17) is 0 Å². The fourth-order valence-corrected chi connectivity index (χ4v) is 2.23. The second kappa shape index (κ2) is 6.11. The first-order valence-electron chi connectivity index (χ1n) is 5.30. The van der Waals surface area contributed by atoms with Crippen LogP contribution in [0.25, 0.3) is 0 Å². The van der Waals surface area contributed by atoms with Crippen molar-refractivity contribution in [2.24, 2.45) is 0 Å². The number of nitrogens with one attached hydrogen (secondary N) is 1. The Labute approximate surface area is 122 Å². The Balaban J connectivity index is 2.03. The van der Waals surface area contributed by atoms with Gasteiger partial charge in [0.15, 0.2) is 0 Å². The molecule has 1 aromatic heterocycles. The van der Waals surface area contributed by atoms with E-state index in [0.29, 0.717) is 12.2 Å². The highest BCUT2D eigenvalue weighted by atomic mass is 79.9. The fraction of sp³-hybridized carbons (Fsp3) is 0.0769. The van der Waals surface area contributed by atoms with E-state index in [-0.39, 0.29) is 5.91 Å². The van der Waals surface area contributed by atoms with Crippen molar-refractivity contribution in [3.05, 3.63) is 57.1 Å². The van der Waals surface area contributed by atoms with E-state index >= 15 is 0 Å². The van der Waals surface area contributed by atoms with Crippen molar-refractivity contribution < 1.29 is 4.79 Å². The van der Waals surface area contributed by atoms with E-state index in [1.807, 2.05) is 30.3 Å². The number of pyridine rings is 1. The second-order valence-corrected chi connectivity index (χ2v) is 5.45. The van der Waals surface area contributed by atoms with Gasteiger partial charge in [0.05, 0.1) is 6.42 Å². The molecule has 92 valence electrons. The minimum atomic E-state index is -0.0903. The van der Waals surface area contributed by atoms with Crippen molar-refractivity contribution in [3.63, 3.8) is 0 Å². The molecule has 0 aliphatic rings. The highest BCUT2D eigenvalue weighted by molar-refractivity contribution is 9.10. The van der Waals surface area contributed by atoms with Gasteiger partial charge in [-0.05, 0) is 23.8 Å². The zero-order valence-corrected chi connectivity index (χ0v) is 12.5. The number of rotatable bonds is 3. The molecule has 1 heterocycles. The number of hydrogen-bond acceptors (Lipinski definition) is 2. The Morgan fingerprint density at radius 2 is 2.00 bits per heavy atom. The predicted molar refractivity (Wildman–Crippen MR) is 78.4 cm³/mol. The average molecular weight is 370 g/mol. The van der Waals surface area contributed by atoms with Crippen LogP contribution in [0.3, 0.4) is 0 Å². The van der Waals surface area contributed by atoms with Crippen LogP contribution in [-0.4, -0.2) is 10.9 Å². The summed E-state index contributed by atoms with van der Waals surface area (Å²) < 4.78 is 1.82. The van der Waals surface area contributed by atoms with E-state index in [1.165, 1.54) is 0 Å². The van der Waals surface area contributed by atoms with Gasteiger partial charge in [-0.15, -0.1) is 0 Å². The maximum absolute atomic E-state index is 11.9. The smallest absolute Gasteiger partial charge is 0.229 e. The zero-order valence-electron chi connectivity index (χ0n) is 9.36. The summed E-state index contributed by atoms with van der Waals surface area (Å²) in [6, 6.07) is 11.2. The van der Waals surface area contributed by atoms with Crippen molar-refractivity contribution in [1.82, 2.24) is 4.98 Å². The molecule has 0 aliphatic heterocycles. The van der Waals surface area contributed by atoms with Gasteiger partial charge in [0, 0.05) is 15.1 Å². The molecule has 0 atom stereocenters. The largest absolute Gasteiger partial charge is 0.310 e. The normalized spacial score (nSPS) is 10.1. The summed E-state index contributed by atoms with van der Waals surface area (Å²) >= 11 is 6.75. The highest BCUT2D eigenvalue weighted by Gasteiger charge is 2.07. The summed E-state index contributed by atoms with van der Waals surface area (Å²) in [6.45, 7) is 0. The maximum atomic E-state index is 11.9. The standard InChI is InChI=1S/C13H10Br2N2O/c14-10-5-6-16-12(8-10)17-13(18)7-9-3-1-2-4-11(9)15/h1-6,8H,7H2,(H,16,17,18). The lowest BCUT2D eigenvalue weighted by Crippen LogP contribution is -2.15. The highest BCUT2D eigenvalue weighted by Crippen LogP contribution is 2.17. The van der Waals surface area contributed by atoms with Gasteiger partial charge in [0.1, 0.15) is 5.82 Å². The Bertz CT molecular complexity index is 572. The lowest BCUT2D eigenvalue weighted by molar-refractivity contribution is -0.115. The molecule has 0 radical (unpaired) electrons. The van der Waals surface area contributed by atoms with Gasteiger partial charge < -0.3 is 5.32 Å². The van der Waals surface area contributed by atoms with Crippen LogP contribution in [0, 0.1) is 0 Å². The van der Waals surface area contributed by atoms with Gasteiger partial charge in [0.2, 0.25) is 5.91 Å². The summed E-state index contributed by atoms with van der Waals surface area (Å²) in [5, 5.41) is 2.76. The second-order valence-electron chi connectivity index (χ2n) is 3.68. The summed E-state index contributed by atoms with van der Waals surface area (Å²) in [7, 11) is 0. The molecule has 0 bridgehead atoms. The summed E-state index contributed by atoms with van der Waals surface area (Å²) in [6.07, 6.45) is 1.95. The molecular formula is C13H10Br2N2O. The first-order chi connectivity index (χ1) is 8.65. The number of benzene rings is 1. The number of amides is 1. The van der Waals surface area contributed by atoms with Crippen LogP contribution in [0.4, 0.5) is 5.82 Å². The molecule has 1 aromatic carbocycles. The van der Waals surface area contributed by atoms with E-state index in [0.717, 1.165) is 14.5 Å². The number of carbonyl (C=O) groups is 1. The van der Waals surface area contributed by atoms with Gasteiger partial charge in [0.25, 0.3) is 0 Å². The van der Waals surface area contributed by atoms with E-state index in [9.17, 15) is 4.79 Å². The van der Waals surface area contributed by atoms with Crippen molar-refractivity contribution in [1.29, 1.82) is 0 Å². The van der Waals surface area contributed by atoms with Crippen LogP contribution >= 0.6 is 31.9 Å². The van der Waals surface area contributed by atoms with Crippen molar-refractivity contribution >= 4 is 43.6 Å². The third-order valence-corrected chi connectivity index (χ3v) is 3.57. The molecule has 18 heavy (non-hydrogen) atoms. The summed E-state index contributed by atoms with van der Waals surface area (Å²) in [5.74, 6) is 0.453. The molecule has 0 unspecified atom stereocenters. The average Bonchev–Trinajstić information content (AvgIpc) is 2.32. The number of hydrogen-bond donors (Lipinski definition) is 1. The number of aromatic nitrogens is 1. The molecule has 2 rings (SSSR count). The molecule has 5 heteroatoms. The molecule has 0 saturated heterocycles. The van der Waals surface area contributed by atoms with Crippen molar-refractivity contribution in [2.45, 2.75) is 6.42 Å². The third-order valence-electron chi connectivity index (χ3n) is 2.30. The first-order valence-corrected chi connectivity index (χ1v) is 6.88. The minimum Gasteiger partial charge on any atom is -0.310 e. The number of nitrogens with zero attached hydrogens (tertiary/aromatic N) is 1. The number of carbonyl (C=O) groups excluding carboxylic acids is 1. The summed E-state index contributed by atoms with van der Waals surface area (Å²) in [4.78, 5) is 15.9. The molecular weight excluding hydrogens is 360 g/mol. The van der Waals surface area contributed by atoms with E-state index in [2.05, 4.69) is 42.2 Å². The van der Waals surface area contributed by atoms with Gasteiger partial charge in [-0.3, -0.25) is 4.79 Å². The van der Waals surface area contributed by atoms with Crippen LogP contribution in [0.2, 0.25) is 0 Å². The van der Waals surface area contributed by atoms with Crippen LogP contribution < -0.4 is 5.32 Å². The predicted octanol–water partition coefficient (Wildman–Crippen LogP) is 3.79. The van der Waals surface area contributed by atoms with Crippen molar-refractivity contribution in [3.8, 4) is 0 Å². The van der Waals surface area contributed by atoms with Crippen LogP contribution in [0.1, 0.15) is 5.56 Å². The molecule has 3 nitrogen and oxygen atoms in total. The fourth-order valence-electron chi connectivity index (χ4n) is 1.47. The van der Waals surface area contributed by atoms with Crippen LogP contribution in [0.15, 0.2) is 51.5 Å². The van der Waals surface area contributed by atoms with Crippen LogP contribution in [0.5, 0.6) is 0 Å². The maximum Gasteiger partial charge on any atom is 0.229 e. The monoisotopic (exact) mass is 368 g/mol. The van der Waals surface area contributed by atoms with Gasteiger partial charge in [-0.1, -0.05) is 50.1 Å². The number of halogens is 2. The van der Waals surface area contributed by atoms with Gasteiger partial charge in [-0.25, -0.2) is 4.98 Å². The van der Waals surface area contributed by atoms with Crippen LogP contribution in [-0.2, 0) is 11.2 Å². The van der Waals surface area contributed by atoms with Gasteiger partial charge >= 0.3 is 0 Å². The zero-order chi connectivity index (χ0) is 13.0. The molecule has 1 N–H and O–H groups in total. The molecule has 0 spiro atoms. The Hall–Kier alpha value is -1.20. The molecule has 0 aliphatic carbocycles. The lowest BCUT2D eigenvalue weighted by Gasteiger charge is -2.06. The molecule has 1 amide bonds. The molecule has 0 saturated carbocycles. The minimum absolute atomic E-state index is 0.0903. The Morgan fingerprint density at radius 3 is 2.72 bits per heavy atom. The Kier molecular flexibility index (Phi) is 4.49. The van der Waals surface area contributed by atoms with Gasteiger partial charge in [-0.2, -0.15) is 0 Å². The lowest BCUT2D eigenvalue weighted by atomic mass is 10.1. The van der Waals surface area contributed by atoms with E-state index in [1.54, 1.807) is 12.3 Å². The molecule has 2 aromatic rings. The SMILES string of the molecule is O=C(Cc1ccccc1Br)Nc1cc(Br)ccn1. The van der Waals surface area contributed by atoms with Crippen molar-refractivity contribution in [2.75, 3.05) is 5.32 Å². The quantitative estimate of drug-likeness (QED) is 0.894. The molecule has 0 fully saturated rings. The third kappa shape index (κ3) is 3.65. The first kappa shape index (κ1) is 13.2. The summed E-state index contributed by atoms with van der Waals surface area (Å²) in [5.41, 5.74) is 0.949. The van der Waals surface area contributed by atoms with E-state index < -0.39 is 0 Å².